The molecule has 4 aromatic rings. The van der Waals surface area contributed by atoms with Crippen LogP contribution in [0.5, 0.6) is 5.75 Å². The number of fused-ring (bicyclic) bond motifs is 1. The van der Waals surface area contributed by atoms with Crippen LogP contribution in [0, 0.1) is 6.92 Å². The highest BCUT2D eigenvalue weighted by Gasteiger charge is 2.26. The summed E-state index contributed by atoms with van der Waals surface area (Å²) in [5.41, 5.74) is 6.51. The number of hydrogen-bond donors (Lipinski definition) is 0. The molecule has 166 valence electrons. The van der Waals surface area contributed by atoms with Crippen LogP contribution in [0.1, 0.15) is 33.6 Å². The molecule has 1 amide bonds. The van der Waals surface area contributed by atoms with Crippen molar-refractivity contribution in [3.8, 4) is 5.75 Å². The normalized spacial score (nSPS) is 13.8. The third kappa shape index (κ3) is 3.93. The quantitative estimate of drug-likeness (QED) is 0.388. The Labute approximate surface area is 194 Å². The number of nitrogens with zero attached hydrogens (tertiary/aromatic N) is 2. The number of aromatic nitrogens is 1. The molecule has 1 aliphatic rings. The predicted molar refractivity (Wildman–Crippen MR) is 134 cm³/mol. The molecule has 0 aliphatic carbocycles. The number of amides is 1. The average molecular weight is 437 g/mol. The minimum absolute atomic E-state index is 0.103. The topological polar surface area (TPSA) is 34.5 Å². The van der Waals surface area contributed by atoms with Crippen LogP contribution in [0.3, 0.4) is 0 Å². The Kier molecular flexibility index (Phi) is 5.74. The first-order valence-electron chi connectivity index (χ1n) is 11.4. The Hall–Kier alpha value is -3.79. The van der Waals surface area contributed by atoms with Crippen molar-refractivity contribution in [2.75, 3.05) is 20.2 Å². The van der Waals surface area contributed by atoms with E-state index >= 15 is 0 Å². The molecule has 0 unspecified atom stereocenters. The Morgan fingerprint density at radius 1 is 0.939 bits per heavy atom. The van der Waals surface area contributed by atoms with Gasteiger partial charge in [-0.2, -0.15) is 0 Å². The van der Waals surface area contributed by atoms with Crippen molar-refractivity contribution in [2.45, 2.75) is 19.9 Å². The zero-order valence-electron chi connectivity index (χ0n) is 19.1. The number of hydrogen-bond acceptors (Lipinski definition) is 2. The van der Waals surface area contributed by atoms with Crippen LogP contribution in [0.25, 0.3) is 16.5 Å². The van der Waals surface area contributed by atoms with Crippen molar-refractivity contribution >= 4 is 22.4 Å². The van der Waals surface area contributed by atoms with Gasteiger partial charge >= 0.3 is 0 Å². The number of carbonyl (C=O) groups excluding carboxylic acids is 1. The summed E-state index contributed by atoms with van der Waals surface area (Å²) in [6.45, 7) is 4.11. The highest BCUT2D eigenvalue weighted by molar-refractivity contribution is 6.08. The molecule has 0 radical (unpaired) electrons. The van der Waals surface area contributed by atoms with Gasteiger partial charge in [0.05, 0.1) is 12.7 Å². The van der Waals surface area contributed by atoms with Gasteiger partial charge in [0.2, 0.25) is 0 Å². The van der Waals surface area contributed by atoms with Gasteiger partial charge in [-0.1, -0.05) is 72.8 Å². The van der Waals surface area contributed by atoms with Gasteiger partial charge in [-0.15, -0.1) is 0 Å². The number of benzene rings is 3. The second kappa shape index (κ2) is 8.99. The largest absolute Gasteiger partial charge is 0.496 e. The Balaban J connectivity index is 1.46. The second-order valence-corrected chi connectivity index (χ2v) is 8.48. The molecule has 33 heavy (non-hydrogen) atoms. The minimum atomic E-state index is 0.103. The van der Waals surface area contributed by atoms with E-state index < -0.39 is 0 Å². The van der Waals surface area contributed by atoms with Crippen molar-refractivity contribution in [3.63, 3.8) is 0 Å². The van der Waals surface area contributed by atoms with E-state index in [0.29, 0.717) is 13.1 Å². The van der Waals surface area contributed by atoms with Gasteiger partial charge in [-0.05, 0) is 36.6 Å². The smallest absolute Gasteiger partial charge is 0.256 e. The molecule has 4 nitrogen and oxygen atoms in total. The van der Waals surface area contributed by atoms with E-state index in [2.05, 4.69) is 60.0 Å². The molecule has 5 rings (SSSR count). The van der Waals surface area contributed by atoms with Gasteiger partial charge in [-0.3, -0.25) is 4.79 Å². The molecule has 0 bridgehead atoms. The monoisotopic (exact) mass is 436 g/mol. The molecule has 1 aliphatic heterocycles. The Bertz CT molecular complexity index is 1330. The summed E-state index contributed by atoms with van der Waals surface area (Å²) in [5.74, 6) is 0.981. The van der Waals surface area contributed by atoms with E-state index in [1.807, 2.05) is 41.3 Å². The number of para-hydroxylation sites is 2. The fourth-order valence-corrected chi connectivity index (χ4v) is 4.84. The van der Waals surface area contributed by atoms with Crippen LogP contribution in [0.2, 0.25) is 0 Å². The maximum atomic E-state index is 13.7. The standard InChI is InChI=1S/C29H28N2O2/c1-21-28(25-13-6-8-14-26(25)31(21)20-22-10-4-3-5-11-22)29(32)30-18-16-23(17-19-30)24-12-7-9-15-27(24)33-2/h3-16H,17-20H2,1-2H3. The van der Waals surface area contributed by atoms with Crippen molar-refractivity contribution in [1.29, 1.82) is 0 Å². The van der Waals surface area contributed by atoms with E-state index in [4.69, 9.17) is 4.74 Å². The van der Waals surface area contributed by atoms with Crippen molar-refractivity contribution in [1.82, 2.24) is 9.47 Å². The Morgan fingerprint density at radius 2 is 1.67 bits per heavy atom. The molecule has 1 aromatic heterocycles. The zero-order valence-corrected chi connectivity index (χ0v) is 19.1. The molecule has 0 N–H and O–H groups in total. The van der Waals surface area contributed by atoms with E-state index in [-0.39, 0.29) is 5.91 Å². The third-order valence-electron chi connectivity index (χ3n) is 6.58. The van der Waals surface area contributed by atoms with E-state index in [1.165, 1.54) is 11.1 Å². The molecule has 3 aromatic carbocycles. The number of rotatable bonds is 5. The molecule has 0 atom stereocenters. The minimum Gasteiger partial charge on any atom is -0.496 e. The average Bonchev–Trinajstić information content (AvgIpc) is 3.15. The molecule has 4 heteroatoms. The van der Waals surface area contributed by atoms with Crippen molar-refractivity contribution in [2.24, 2.45) is 0 Å². The molecule has 0 saturated carbocycles. The maximum absolute atomic E-state index is 13.7. The first kappa shape index (κ1) is 21.1. The van der Waals surface area contributed by atoms with Gasteiger partial charge in [0.25, 0.3) is 5.91 Å². The lowest BCUT2D eigenvalue weighted by atomic mass is 9.98. The lowest BCUT2D eigenvalue weighted by molar-refractivity contribution is 0.0774. The first-order valence-corrected chi connectivity index (χ1v) is 11.4. The van der Waals surface area contributed by atoms with E-state index in [9.17, 15) is 4.79 Å². The predicted octanol–water partition coefficient (Wildman–Crippen LogP) is 5.94. The molecule has 0 spiro atoms. The summed E-state index contributed by atoms with van der Waals surface area (Å²) in [7, 11) is 1.70. The van der Waals surface area contributed by atoms with Crippen LogP contribution in [-0.2, 0) is 6.54 Å². The third-order valence-corrected chi connectivity index (χ3v) is 6.58. The van der Waals surface area contributed by atoms with E-state index in [1.54, 1.807) is 7.11 Å². The van der Waals surface area contributed by atoms with Crippen LogP contribution >= 0.6 is 0 Å². The highest BCUT2D eigenvalue weighted by Crippen LogP contribution is 2.32. The maximum Gasteiger partial charge on any atom is 0.256 e. The molecule has 0 fully saturated rings. The lowest BCUT2D eigenvalue weighted by Crippen LogP contribution is -2.35. The number of carbonyl (C=O) groups is 1. The van der Waals surface area contributed by atoms with Crippen LogP contribution < -0.4 is 4.74 Å². The molecular weight excluding hydrogens is 408 g/mol. The summed E-state index contributed by atoms with van der Waals surface area (Å²) in [4.78, 5) is 15.7. The van der Waals surface area contributed by atoms with Gasteiger partial charge in [0, 0.05) is 41.8 Å². The van der Waals surface area contributed by atoms with Gasteiger partial charge < -0.3 is 14.2 Å². The SMILES string of the molecule is COc1ccccc1C1=CCN(C(=O)c2c(C)n(Cc3ccccc3)c3ccccc23)CC1. The van der Waals surface area contributed by atoms with Crippen LogP contribution in [0.15, 0.2) is 84.9 Å². The molecule has 0 saturated heterocycles. The zero-order chi connectivity index (χ0) is 22.8. The number of methoxy groups -OCH3 is 1. The van der Waals surface area contributed by atoms with Crippen LogP contribution in [0.4, 0.5) is 0 Å². The van der Waals surface area contributed by atoms with Gasteiger partial charge in [0.1, 0.15) is 5.75 Å². The summed E-state index contributed by atoms with van der Waals surface area (Å²) >= 11 is 0. The summed E-state index contributed by atoms with van der Waals surface area (Å²) in [6, 6.07) is 26.7. The lowest BCUT2D eigenvalue weighted by Gasteiger charge is -2.27. The molecular formula is C29H28N2O2. The van der Waals surface area contributed by atoms with Gasteiger partial charge in [-0.25, -0.2) is 0 Å². The summed E-state index contributed by atoms with van der Waals surface area (Å²) in [6.07, 6.45) is 2.98. The Morgan fingerprint density at radius 3 is 2.42 bits per heavy atom. The fraction of sp³-hybridized carbons (Fsp3) is 0.207. The van der Waals surface area contributed by atoms with E-state index in [0.717, 1.165) is 46.4 Å². The van der Waals surface area contributed by atoms with Crippen molar-refractivity contribution in [3.05, 3.63) is 107 Å². The second-order valence-electron chi connectivity index (χ2n) is 8.48. The van der Waals surface area contributed by atoms with Crippen LogP contribution in [-0.4, -0.2) is 35.6 Å². The number of ether oxygens (including phenoxy) is 1. The van der Waals surface area contributed by atoms with Crippen molar-refractivity contribution < 1.29 is 9.53 Å². The summed E-state index contributed by atoms with van der Waals surface area (Å²) < 4.78 is 7.80. The molecule has 2 heterocycles. The first-order chi connectivity index (χ1) is 16.2. The highest BCUT2D eigenvalue weighted by atomic mass is 16.5. The fourth-order valence-electron chi connectivity index (χ4n) is 4.84. The van der Waals surface area contributed by atoms with Gasteiger partial charge in [0.15, 0.2) is 0 Å². The summed E-state index contributed by atoms with van der Waals surface area (Å²) in [5, 5.41) is 1.02.